The van der Waals surface area contributed by atoms with Gasteiger partial charge in [0.2, 0.25) is 5.91 Å². The lowest BCUT2D eigenvalue weighted by atomic mass is 10.1. The number of piperazine rings is 1. The number of hydrogen-bond donors (Lipinski definition) is 2. The van der Waals surface area contributed by atoms with Crippen molar-refractivity contribution in [2.45, 2.75) is 6.42 Å². The topological polar surface area (TPSA) is 131 Å². The molecule has 1 aliphatic rings. The van der Waals surface area contributed by atoms with Gasteiger partial charge in [0, 0.05) is 25.2 Å². The maximum atomic E-state index is 12.5. The van der Waals surface area contributed by atoms with Crippen LogP contribution in [0.3, 0.4) is 0 Å². The minimum atomic E-state index is -0.368. The predicted molar refractivity (Wildman–Crippen MR) is 91.0 cm³/mol. The monoisotopic (exact) mass is 347 g/mol. The normalized spacial score (nSPS) is 14.2. The molecule has 25 heavy (non-hydrogen) atoms. The van der Waals surface area contributed by atoms with E-state index in [0.29, 0.717) is 30.9 Å². The second kappa shape index (κ2) is 8.13. The molecular formula is C16H21N5O4. The highest BCUT2D eigenvalue weighted by molar-refractivity contribution is 5.97. The Balaban J connectivity index is 1.94. The van der Waals surface area contributed by atoms with Crippen LogP contribution in [0, 0.1) is 0 Å². The predicted octanol–water partition coefficient (Wildman–Crippen LogP) is -0.561. The average Bonchev–Trinajstić information content (AvgIpc) is 2.59. The van der Waals surface area contributed by atoms with Crippen molar-refractivity contribution in [3.63, 3.8) is 0 Å². The number of hydrogen-bond acceptors (Lipinski definition) is 5. The first kappa shape index (κ1) is 18.2. The van der Waals surface area contributed by atoms with Gasteiger partial charge in [-0.25, -0.2) is 4.99 Å². The Morgan fingerprint density at radius 3 is 2.44 bits per heavy atom. The van der Waals surface area contributed by atoms with Crippen molar-refractivity contribution in [3.05, 3.63) is 29.8 Å². The second-order valence-electron chi connectivity index (χ2n) is 5.52. The number of amides is 2. The van der Waals surface area contributed by atoms with E-state index in [1.807, 2.05) is 0 Å². The van der Waals surface area contributed by atoms with Crippen molar-refractivity contribution >= 4 is 29.4 Å². The molecule has 0 aliphatic carbocycles. The molecule has 1 aliphatic heterocycles. The van der Waals surface area contributed by atoms with Crippen LogP contribution in [-0.2, 0) is 14.3 Å². The van der Waals surface area contributed by atoms with E-state index in [9.17, 15) is 14.4 Å². The van der Waals surface area contributed by atoms with Crippen molar-refractivity contribution < 1.29 is 19.1 Å². The Morgan fingerprint density at radius 1 is 1.20 bits per heavy atom. The van der Waals surface area contributed by atoms with Gasteiger partial charge in [-0.2, -0.15) is 0 Å². The van der Waals surface area contributed by atoms with Gasteiger partial charge in [0.25, 0.3) is 5.91 Å². The van der Waals surface area contributed by atoms with E-state index in [4.69, 9.17) is 11.5 Å². The summed E-state index contributed by atoms with van der Waals surface area (Å²) in [6.45, 7) is 1.06. The van der Waals surface area contributed by atoms with E-state index in [1.54, 1.807) is 29.2 Å². The molecule has 0 saturated carbocycles. The number of aliphatic imine (C=N–C) groups is 1. The first-order valence-corrected chi connectivity index (χ1v) is 7.74. The summed E-state index contributed by atoms with van der Waals surface area (Å²) in [5.41, 5.74) is 11.6. The molecule has 9 heteroatoms. The van der Waals surface area contributed by atoms with Crippen LogP contribution < -0.4 is 11.5 Å². The fraction of sp³-hybridized carbons (Fsp3) is 0.375. The maximum Gasteiger partial charge on any atom is 0.307 e. The van der Waals surface area contributed by atoms with Crippen LogP contribution in [0.2, 0.25) is 0 Å². The lowest BCUT2D eigenvalue weighted by Gasteiger charge is -2.34. The quantitative estimate of drug-likeness (QED) is 0.417. The molecule has 2 rings (SSSR count). The summed E-state index contributed by atoms with van der Waals surface area (Å²) in [5, 5.41) is 0. The molecule has 1 fully saturated rings. The zero-order chi connectivity index (χ0) is 18.4. The maximum absolute atomic E-state index is 12.5. The number of benzene rings is 1. The third-order valence-corrected chi connectivity index (χ3v) is 3.79. The van der Waals surface area contributed by atoms with Crippen molar-refractivity contribution in [2.75, 3.05) is 33.3 Å². The van der Waals surface area contributed by atoms with E-state index >= 15 is 0 Å². The first-order valence-electron chi connectivity index (χ1n) is 7.74. The van der Waals surface area contributed by atoms with Crippen LogP contribution in [0.5, 0.6) is 0 Å². The van der Waals surface area contributed by atoms with Crippen LogP contribution >= 0.6 is 0 Å². The minimum Gasteiger partial charge on any atom is -0.469 e. The van der Waals surface area contributed by atoms with E-state index in [0.717, 1.165) is 0 Å². The van der Waals surface area contributed by atoms with Gasteiger partial charge in [-0.3, -0.25) is 14.4 Å². The molecule has 2 amide bonds. The standard InChI is InChI=1S/C16H21N5O4/c1-25-14(23)6-7-20-8-9-21(10-13(20)22)15(24)11-2-4-12(5-3-11)19-16(17)18/h2-5H,6-10H2,1H3,(H4,17,18,19). The van der Waals surface area contributed by atoms with Gasteiger partial charge in [0.05, 0.1) is 19.2 Å². The minimum absolute atomic E-state index is 0.0182. The number of esters is 1. The number of methoxy groups -OCH3 is 1. The number of carbonyl (C=O) groups is 3. The number of ether oxygens (including phenoxy) is 1. The van der Waals surface area contributed by atoms with Crippen molar-refractivity contribution in [3.8, 4) is 0 Å². The molecule has 1 saturated heterocycles. The van der Waals surface area contributed by atoms with E-state index in [1.165, 1.54) is 12.0 Å². The highest BCUT2D eigenvalue weighted by Crippen LogP contribution is 2.15. The van der Waals surface area contributed by atoms with Crippen molar-refractivity contribution in [2.24, 2.45) is 16.5 Å². The Labute approximate surface area is 145 Å². The molecule has 0 spiro atoms. The molecule has 1 heterocycles. The highest BCUT2D eigenvalue weighted by Gasteiger charge is 2.27. The SMILES string of the molecule is COC(=O)CCN1CCN(C(=O)c2ccc(N=C(N)N)cc2)CC1=O. The van der Waals surface area contributed by atoms with E-state index in [-0.39, 0.29) is 36.7 Å². The molecule has 9 nitrogen and oxygen atoms in total. The fourth-order valence-electron chi connectivity index (χ4n) is 2.46. The Bertz CT molecular complexity index is 682. The van der Waals surface area contributed by atoms with Crippen LogP contribution in [0.25, 0.3) is 0 Å². The van der Waals surface area contributed by atoms with Crippen molar-refractivity contribution in [1.82, 2.24) is 9.80 Å². The lowest BCUT2D eigenvalue weighted by molar-refractivity contribution is -0.142. The van der Waals surface area contributed by atoms with Gasteiger partial charge in [0.1, 0.15) is 6.54 Å². The zero-order valence-electron chi connectivity index (χ0n) is 14.0. The Hall–Kier alpha value is -3.10. The second-order valence-corrected chi connectivity index (χ2v) is 5.52. The summed E-state index contributed by atoms with van der Waals surface area (Å²) in [5.74, 6) is -0.863. The van der Waals surface area contributed by atoms with Crippen LogP contribution in [0.15, 0.2) is 29.3 Å². The van der Waals surface area contributed by atoms with Crippen molar-refractivity contribution in [1.29, 1.82) is 0 Å². The smallest absolute Gasteiger partial charge is 0.307 e. The Kier molecular flexibility index (Phi) is 5.93. The summed E-state index contributed by atoms with van der Waals surface area (Å²) in [6.07, 6.45) is 0.141. The molecular weight excluding hydrogens is 326 g/mol. The summed E-state index contributed by atoms with van der Waals surface area (Å²) in [6, 6.07) is 6.47. The number of carbonyl (C=O) groups excluding carboxylic acids is 3. The number of guanidine groups is 1. The van der Waals surface area contributed by atoms with E-state index < -0.39 is 0 Å². The van der Waals surface area contributed by atoms with Crippen LogP contribution in [0.1, 0.15) is 16.8 Å². The molecule has 1 aromatic rings. The fourth-order valence-corrected chi connectivity index (χ4v) is 2.46. The van der Waals surface area contributed by atoms with Gasteiger partial charge in [-0.15, -0.1) is 0 Å². The molecule has 1 aromatic carbocycles. The number of rotatable bonds is 5. The third-order valence-electron chi connectivity index (χ3n) is 3.79. The van der Waals surface area contributed by atoms with Gasteiger partial charge >= 0.3 is 5.97 Å². The highest BCUT2D eigenvalue weighted by atomic mass is 16.5. The third kappa shape index (κ3) is 4.93. The molecule has 0 atom stereocenters. The Morgan fingerprint density at radius 2 is 1.88 bits per heavy atom. The largest absolute Gasteiger partial charge is 0.469 e. The summed E-state index contributed by atoms with van der Waals surface area (Å²) >= 11 is 0. The summed E-state index contributed by atoms with van der Waals surface area (Å²) in [7, 11) is 1.30. The van der Waals surface area contributed by atoms with Crippen LogP contribution in [-0.4, -0.2) is 66.8 Å². The summed E-state index contributed by atoms with van der Waals surface area (Å²) in [4.78, 5) is 42.7. The average molecular weight is 347 g/mol. The first-order chi connectivity index (χ1) is 11.9. The number of nitrogens with zero attached hydrogens (tertiary/aromatic N) is 3. The van der Waals surface area contributed by atoms with Crippen LogP contribution in [0.4, 0.5) is 5.69 Å². The summed E-state index contributed by atoms with van der Waals surface area (Å²) < 4.78 is 4.56. The van der Waals surface area contributed by atoms with Gasteiger partial charge in [-0.05, 0) is 24.3 Å². The molecule has 0 radical (unpaired) electrons. The zero-order valence-corrected chi connectivity index (χ0v) is 14.0. The number of nitrogens with two attached hydrogens (primary N) is 2. The molecule has 0 aromatic heterocycles. The molecule has 0 bridgehead atoms. The molecule has 0 unspecified atom stereocenters. The molecule has 134 valence electrons. The van der Waals surface area contributed by atoms with Gasteiger partial charge in [0.15, 0.2) is 5.96 Å². The van der Waals surface area contributed by atoms with Gasteiger partial charge in [-0.1, -0.05) is 0 Å². The van der Waals surface area contributed by atoms with E-state index in [2.05, 4.69) is 9.73 Å². The molecule has 4 N–H and O–H groups in total. The lowest BCUT2D eigenvalue weighted by Crippen LogP contribution is -2.52. The van der Waals surface area contributed by atoms with Gasteiger partial charge < -0.3 is 26.0 Å².